The quantitative estimate of drug-likeness (QED) is 0.881. The summed E-state index contributed by atoms with van der Waals surface area (Å²) in [6.07, 6.45) is 1.87. The van der Waals surface area contributed by atoms with Crippen molar-refractivity contribution in [2.75, 3.05) is 6.54 Å². The van der Waals surface area contributed by atoms with Crippen molar-refractivity contribution in [2.24, 2.45) is 0 Å². The average Bonchev–Trinajstić information content (AvgIpc) is 2.44. The van der Waals surface area contributed by atoms with E-state index in [-0.39, 0.29) is 11.9 Å². The van der Waals surface area contributed by atoms with E-state index in [0.717, 1.165) is 24.9 Å². The Kier molecular flexibility index (Phi) is 3.67. The Morgan fingerprint density at radius 1 is 1.16 bits per heavy atom. The zero-order valence-corrected chi connectivity index (χ0v) is 12.1. The van der Waals surface area contributed by atoms with Crippen LogP contribution in [0.2, 0.25) is 0 Å². The lowest BCUT2D eigenvalue weighted by Gasteiger charge is -2.27. The Hall–Kier alpha value is -1.19. The van der Waals surface area contributed by atoms with Crippen molar-refractivity contribution < 1.29 is 4.39 Å². The number of hydrogen-bond acceptors (Lipinski definition) is 1. The zero-order chi connectivity index (χ0) is 13.2. The van der Waals surface area contributed by atoms with Gasteiger partial charge in [0, 0.05) is 6.04 Å². The summed E-state index contributed by atoms with van der Waals surface area (Å²) in [5.41, 5.74) is 3.75. The molecule has 1 aliphatic rings. The van der Waals surface area contributed by atoms with Crippen molar-refractivity contribution in [3.63, 3.8) is 0 Å². The van der Waals surface area contributed by atoms with Gasteiger partial charge in [0.15, 0.2) is 0 Å². The molecule has 1 atom stereocenters. The molecule has 0 saturated carbocycles. The first-order valence-corrected chi connectivity index (χ1v) is 7.29. The highest BCUT2D eigenvalue weighted by Gasteiger charge is 2.20. The molecule has 1 nitrogen and oxygen atoms in total. The third-order valence-corrected chi connectivity index (χ3v) is 4.56. The van der Waals surface area contributed by atoms with Crippen LogP contribution in [0, 0.1) is 5.82 Å². The minimum absolute atomic E-state index is 0.193. The molecule has 0 amide bonds. The summed E-state index contributed by atoms with van der Waals surface area (Å²) < 4.78 is 14.1. The van der Waals surface area contributed by atoms with Crippen LogP contribution in [0.1, 0.15) is 22.7 Å². The second kappa shape index (κ2) is 5.43. The number of rotatable bonds is 2. The molecular formula is C16H15BrFN. The van der Waals surface area contributed by atoms with Crippen LogP contribution in [0.5, 0.6) is 0 Å². The predicted octanol–water partition coefficient (Wildman–Crippen LogP) is 4.02. The maximum absolute atomic E-state index is 13.6. The van der Waals surface area contributed by atoms with E-state index in [4.69, 9.17) is 0 Å². The van der Waals surface area contributed by atoms with Gasteiger partial charge in [-0.1, -0.05) is 36.4 Å². The number of benzene rings is 2. The summed E-state index contributed by atoms with van der Waals surface area (Å²) >= 11 is 3.34. The molecule has 2 aromatic rings. The summed E-state index contributed by atoms with van der Waals surface area (Å²) in [6, 6.07) is 14.0. The summed E-state index contributed by atoms with van der Waals surface area (Å²) in [6.45, 7) is 0.981. The van der Waals surface area contributed by atoms with Crippen LogP contribution in [0.4, 0.5) is 4.39 Å². The number of fused-ring (bicyclic) bond motifs is 1. The lowest BCUT2D eigenvalue weighted by atomic mass is 9.90. The molecule has 1 heterocycles. The number of nitrogens with one attached hydrogen (secondary N) is 1. The van der Waals surface area contributed by atoms with Crippen LogP contribution < -0.4 is 5.32 Å². The van der Waals surface area contributed by atoms with E-state index in [1.165, 1.54) is 17.2 Å². The Morgan fingerprint density at radius 2 is 2.00 bits per heavy atom. The lowest BCUT2D eigenvalue weighted by Crippen LogP contribution is -2.31. The second-order valence-corrected chi connectivity index (χ2v) is 5.67. The molecule has 3 heteroatoms. The van der Waals surface area contributed by atoms with Crippen molar-refractivity contribution in [1.82, 2.24) is 5.32 Å². The van der Waals surface area contributed by atoms with E-state index < -0.39 is 0 Å². The van der Waals surface area contributed by atoms with Gasteiger partial charge in [0.05, 0.1) is 4.47 Å². The minimum Gasteiger partial charge on any atom is -0.309 e. The Labute approximate surface area is 121 Å². The maximum atomic E-state index is 13.6. The topological polar surface area (TPSA) is 12.0 Å². The summed E-state index contributed by atoms with van der Waals surface area (Å²) in [7, 11) is 0. The first-order valence-electron chi connectivity index (χ1n) is 6.50. The molecule has 1 aliphatic heterocycles. The van der Waals surface area contributed by atoms with Crippen molar-refractivity contribution in [3.05, 3.63) is 69.4 Å². The van der Waals surface area contributed by atoms with Crippen LogP contribution >= 0.6 is 15.9 Å². The van der Waals surface area contributed by atoms with E-state index in [1.54, 1.807) is 6.07 Å². The summed E-state index contributed by atoms with van der Waals surface area (Å²) in [5, 5.41) is 3.53. The Bertz CT molecular complexity index is 597. The Balaban J connectivity index is 1.91. The molecule has 1 N–H and O–H groups in total. The fourth-order valence-electron chi connectivity index (χ4n) is 2.70. The SMILES string of the molecule is Fc1cccc(CC2NCCc3ccccc32)c1Br. The molecule has 1 unspecified atom stereocenters. The molecule has 98 valence electrons. The molecule has 2 aromatic carbocycles. The molecule has 3 rings (SSSR count). The van der Waals surface area contributed by atoms with E-state index in [9.17, 15) is 4.39 Å². The van der Waals surface area contributed by atoms with Gasteiger partial charge in [-0.25, -0.2) is 4.39 Å². The van der Waals surface area contributed by atoms with E-state index >= 15 is 0 Å². The van der Waals surface area contributed by atoms with E-state index in [1.807, 2.05) is 6.07 Å². The Morgan fingerprint density at radius 3 is 2.89 bits per heavy atom. The third-order valence-electron chi connectivity index (χ3n) is 3.67. The van der Waals surface area contributed by atoms with Gasteiger partial charge in [-0.15, -0.1) is 0 Å². The van der Waals surface area contributed by atoms with Crippen molar-refractivity contribution in [3.8, 4) is 0 Å². The molecule has 0 fully saturated rings. The molecular weight excluding hydrogens is 305 g/mol. The van der Waals surface area contributed by atoms with Gasteiger partial charge in [0.25, 0.3) is 0 Å². The predicted molar refractivity (Wildman–Crippen MR) is 78.7 cm³/mol. The highest BCUT2D eigenvalue weighted by Crippen LogP contribution is 2.29. The minimum atomic E-state index is -0.193. The molecule has 0 spiro atoms. The van der Waals surface area contributed by atoms with E-state index in [2.05, 4.69) is 45.5 Å². The molecule has 0 aliphatic carbocycles. The van der Waals surface area contributed by atoms with Crippen molar-refractivity contribution in [2.45, 2.75) is 18.9 Å². The van der Waals surface area contributed by atoms with Gasteiger partial charge in [-0.3, -0.25) is 0 Å². The van der Waals surface area contributed by atoms with Gasteiger partial charge in [0.2, 0.25) is 0 Å². The first kappa shape index (κ1) is 12.8. The highest BCUT2D eigenvalue weighted by molar-refractivity contribution is 9.10. The second-order valence-electron chi connectivity index (χ2n) is 4.87. The fourth-order valence-corrected chi connectivity index (χ4v) is 3.13. The standard InChI is InChI=1S/C16H15BrFN/c17-16-12(5-3-7-14(16)18)10-15-13-6-2-1-4-11(13)8-9-19-15/h1-7,15,19H,8-10H2. The molecule has 0 bridgehead atoms. The van der Waals surface area contributed by atoms with Crippen molar-refractivity contribution >= 4 is 15.9 Å². The van der Waals surface area contributed by atoms with Gasteiger partial charge in [-0.05, 0) is 58.1 Å². The number of halogens is 2. The third kappa shape index (κ3) is 2.58. The van der Waals surface area contributed by atoms with Gasteiger partial charge in [-0.2, -0.15) is 0 Å². The van der Waals surface area contributed by atoms with Gasteiger partial charge in [0.1, 0.15) is 5.82 Å². The lowest BCUT2D eigenvalue weighted by molar-refractivity contribution is 0.500. The average molecular weight is 320 g/mol. The highest BCUT2D eigenvalue weighted by atomic mass is 79.9. The fraction of sp³-hybridized carbons (Fsp3) is 0.250. The van der Waals surface area contributed by atoms with Crippen LogP contribution in [-0.4, -0.2) is 6.54 Å². The van der Waals surface area contributed by atoms with Crippen LogP contribution in [-0.2, 0) is 12.8 Å². The number of hydrogen-bond donors (Lipinski definition) is 1. The van der Waals surface area contributed by atoms with Crippen LogP contribution in [0.25, 0.3) is 0 Å². The van der Waals surface area contributed by atoms with Gasteiger partial charge < -0.3 is 5.32 Å². The molecule has 0 radical (unpaired) electrons. The van der Waals surface area contributed by atoms with Crippen LogP contribution in [0.15, 0.2) is 46.9 Å². The summed E-state index contributed by atoms with van der Waals surface area (Å²) in [5.74, 6) is -0.193. The summed E-state index contributed by atoms with van der Waals surface area (Å²) in [4.78, 5) is 0. The zero-order valence-electron chi connectivity index (χ0n) is 10.5. The molecule has 0 aromatic heterocycles. The maximum Gasteiger partial charge on any atom is 0.137 e. The molecule has 0 saturated heterocycles. The van der Waals surface area contributed by atoms with Crippen LogP contribution in [0.3, 0.4) is 0 Å². The molecule has 19 heavy (non-hydrogen) atoms. The normalized spacial score (nSPS) is 18.1. The van der Waals surface area contributed by atoms with Crippen molar-refractivity contribution in [1.29, 1.82) is 0 Å². The monoisotopic (exact) mass is 319 g/mol. The first-order chi connectivity index (χ1) is 9.25. The van der Waals surface area contributed by atoms with Gasteiger partial charge >= 0.3 is 0 Å². The smallest absolute Gasteiger partial charge is 0.137 e. The van der Waals surface area contributed by atoms with E-state index in [0.29, 0.717) is 4.47 Å². The largest absolute Gasteiger partial charge is 0.309 e.